The monoisotopic (exact) mass is 262 g/mol. The summed E-state index contributed by atoms with van der Waals surface area (Å²) >= 11 is 0. The molecule has 104 valence electrons. The fourth-order valence-corrected chi connectivity index (χ4v) is 5.70. The zero-order valence-electron chi connectivity index (χ0n) is 11.2. The van der Waals surface area contributed by atoms with E-state index < -0.39 is 0 Å². The number of rotatable bonds is 3. The van der Waals surface area contributed by atoms with Crippen LogP contribution in [0.2, 0.25) is 0 Å². The van der Waals surface area contributed by atoms with Gasteiger partial charge in [-0.15, -0.1) is 0 Å². The highest BCUT2D eigenvalue weighted by molar-refractivity contribution is 5.12. The van der Waals surface area contributed by atoms with Gasteiger partial charge in [0.15, 0.2) is 0 Å². The molecule has 19 heavy (non-hydrogen) atoms. The Morgan fingerprint density at radius 3 is 2.21 bits per heavy atom. The molecule has 0 spiro atoms. The molecule has 4 saturated carbocycles. The first-order chi connectivity index (χ1) is 9.18. The molecular weight excluding hydrogens is 240 g/mol. The topological polar surface area (TPSA) is 87.6 Å². The van der Waals surface area contributed by atoms with E-state index in [1.165, 1.54) is 38.5 Å². The van der Waals surface area contributed by atoms with Gasteiger partial charge in [0.1, 0.15) is 5.82 Å². The molecule has 0 aromatic carbocycles. The van der Waals surface area contributed by atoms with Crippen molar-refractivity contribution in [1.29, 1.82) is 0 Å². The molecule has 0 saturated heterocycles. The van der Waals surface area contributed by atoms with Gasteiger partial charge in [-0.1, -0.05) is 0 Å². The van der Waals surface area contributed by atoms with Gasteiger partial charge >= 0.3 is 5.69 Å². The highest BCUT2D eigenvalue weighted by Crippen LogP contribution is 2.64. The van der Waals surface area contributed by atoms with Crippen molar-refractivity contribution in [3.63, 3.8) is 0 Å². The van der Waals surface area contributed by atoms with Gasteiger partial charge in [-0.3, -0.25) is 4.98 Å². The Bertz CT molecular complexity index is 496. The second-order valence-corrected chi connectivity index (χ2v) is 7.13. The zero-order chi connectivity index (χ0) is 13.0. The van der Waals surface area contributed by atoms with E-state index in [0.29, 0.717) is 12.0 Å². The molecule has 4 fully saturated rings. The molecule has 1 unspecified atom stereocenters. The van der Waals surface area contributed by atoms with Crippen molar-refractivity contribution in [2.45, 2.75) is 44.4 Å². The Morgan fingerprint density at radius 2 is 1.79 bits per heavy atom. The minimum Gasteiger partial charge on any atom is -0.330 e. The van der Waals surface area contributed by atoms with E-state index in [4.69, 9.17) is 5.73 Å². The van der Waals surface area contributed by atoms with Crippen LogP contribution in [-0.4, -0.2) is 21.7 Å². The second kappa shape index (κ2) is 3.95. The maximum atomic E-state index is 11.3. The number of nitrogens with one attached hydrogen (secondary N) is 2. The quantitative estimate of drug-likeness (QED) is 0.768. The number of H-pyrrole nitrogens is 2. The standard InChI is InChI=1S/C14H22N4O/c15-7-11(12-16-13(19)18-17-12)14-4-8-1-9(5-14)3-10(2-8)6-14/h8-11H,1-7,15H2,(H2,16,17,18,19). The van der Waals surface area contributed by atoms with Crippen molar-refractivity contribution in [2.24, 2.45) is 28.9 Å². The van der Waals surface area contributed by atoms with E-state index in [9.17, 15) is 4.79 Å². The lowest BCUT2D eigenvalue weighted by Gasteiger charge is -2.59. The molecule has 4 aliphatic rings. The van der Waals surface area contributed by atoms with Crippen molar-refractivity contribution in [3.8, 4) is 0 Å². The van der Waals surface area contributed by atoms with Crippen LogP contribution >= 0.6 is 0 Å². The Labute approximate surface area is 112 Å². The van der Waals surface area contributed by atoms with Crippen LogP contribution in [0.5, 0.6) is 0 Å². The normalized spacial score (nSPS) is 41.6. The fourth-order valence-electron chi connectivity index (χ4n) is 5.70. The second-order valence-electron chi connectivity index (χ2n) is 7.13. The maximum Gasteiger partial charge on any atom is 0.340 e. The summed E-state index contributed by atoms with van der Waals surface area (Å²) in [6.45, 7) is 0.590. The molecule has 1 atom stereocenters. The van der Waals surface area contributed by atoms with E-state index in [1.54, 1.807) is 0 Å². The molecule has 0 aliphatic heterocycles. The van der Waals surface area contributed by atoms with Crippen LogP contribution in [0.3, 0.4) is 0 Å². The molecule has 1 aromatic rings. The predicted octanol–water partition coefficient (Wildman–Crippen LogP) is 1.36. The van der Waals surface area contributed by atoms with Crippen LogP contribution in [0.4, 0.5) is 0 Å². The van der Waals surface area contributed by atoms with Crippen molar-refractivity contribution in [2.75, 3.05) is 6.54 Å². The SMILES string of the molecule is NCC(c1n[nH]c(=O)[nH]1)C12CC3CC(CC(C3)C1)C2. The maximum absolute atomic E-state index is 11.3. The predicted molar refractivity (Wildman–Crippen MR) is 71.6 cm³/mol. The first-order valence-electron chi connectivity index (χ1n) is 7.53. The van der Waals surface area contributed by atoms with Crippen molar-refractivity contribution in [3.05, 3.63) is 16.3 Å². The minimum absolute atomic E-state index is 0.210. The number of nitrogens with zero attached hydrogens (tertiary/aromatic N) is 1. The van der Waals surface area contributed by atoms with Gasteiger partial charge in [0, 0.05) is 12.5 Å². The van der Waals surface area contributed by atoms with E-state index in [-0.39, 0.29) is 11.6 Å². The molecule has 0 radical (unpaired) electrons. The lowest BCUT2D eigenvalue weighted by Crippen LogP contribution is -2.50. The molecule has 1 aromatic heterocycles. The van der Waals surface area contributed by atoms with Gasteiger partial charge in [0.25, 0.3) is 0 Å². The van der Waals surface area contributed by atoms with Crippen LogP contribution in [0.25, 0.3) is 0 Å². The van der Waals surface area contributed by atoms with Crippen molar-refractivity contribution in [1.82, 2.24) is 15.2 Å². The average molecular weight is 262 g/mol. The van der Waals surface area contributed by atoms with Gasteiger partial charge in [0.05, 0.1) is 0 Å². The molecule has 4 bridgehead atoms. The highest BCUT2D eigenvalue weighted by atomic mass is 16.1. The van der Waals surface area contributed by atoms with Crippen molar-refractivity contribution < 1.29 is 0 Å². The van der Waals surface area contributed by atoms with Crippen LogP contribution in [0.15, 0.2) is 4.79 Å². The van der Waals surface area contributed by atoms with E-state index >= 15 is 0 Å². The summed E-state index contributed by atoms with van der Waals surface area (Å²) in [5, 5.41) is 6.67. The van der Waals surface area contributed by atoms with Crippen LogP contribution < -0.4 is 11.4 Å². The summed E-state index contributed by atoms with van der Waals surface area (Å²) in [5.74, 6) is 3.69. The Hall–Kier alpha value is -1.10. The van der Waals surface area contributed by atoms with E-state index in [2.05, 4.69) is 15.2 Å². The number of aromatic amines is 2. The number of hydrogen-bond donors (Lipinski definition) is 3. The first kappa shape index (κ1) is 11.7. The molecular formula is C14H22N4O. The molecule has 4 aliphatic carbocycles. The van der Waals surface area contributed by atoms with Gasteiger partial charge in [-0.2, -0.15) is 5.10 Å². The number of hydrogen-bond acceptors (Lipinski definition) is 3. The molecule has 1 heterocycles. The third kappa shape index (κ3) is 1.71. The summed E-state index contributed by atoms with van der Waals surface area (Å²) in [6, 6.07) is 0. The summed E-state index contributed by atoms with van der Waals surface area (Å²) in [4.78, 5) is 14.2. The number of aromatic nitrogens is 3. The van der Waals surface area contributed by atoms with Gasteiger partial charge in [-0.05, 0) is 61.7 Å². The van der Waals surface area contributed by atoms with Crippen LogP contribution in [0, 0.1) is 23.2 Å². The van der Waals surface area contributed by atoms with Gasteiger partial charge in [-0.25, -0.2) is 9.89 Å². The number of nitrogens with two attached hydrogens (primary N) is 1. The Morgan fingerprint density at radius 1 is 1.21 bits per heavy atom. The van der Waals surface area contributed by atoms with Crippen molar-refractivity contribution >= 4 is 0 Å². The Kier molecular flexibility index (Phi) is 2.43. The van der Waals surface area contributed by atoms with Crippen LogP contribution in [0.1, 0.15) is 50.3 Å². The lowest BCUT2D eigenvalue weighted by atomic mass is 9.46. The summed E-state index contributed by atoms with van der Waals surface area (Å²) in [5.41, 5.74) is 6.16. The smallest absolute Gasteiger partial charge is 0.330 e. The average Bonchev–Trinajstić information content (AvgIpc) is 2.74. The highest BCUT2D eigenvalue weighted by Gasteiger charge is 2.54. The Balaban J connectivity index is 1.71. The van der Waals surface area contributed by atoms with Gasteiger partial charge < -0.3 is 5.73 Å². The first-order valence-corrected chi connectivity index (χ1v) is 7.53. The summed E-state index contributed by atoms with van der Waals surface area (Å²) in [7, 11) is 0. The minimum atomic E-state index is -0.210. The van der Waals surface area contributed by atoms with Crippen LogP contribution in [-0.2, 0) is 0 Å². The van der Waals surface area contributed by atoms with E-state index in [1.807, 2.05) is 0 Å². The molecule has 5 nitrogen and oxygen atoms in total. The zero-order valence-corrected chi connectivity index (χ0v) is 11.2. The fraction of sp³-hybridized carbons (Fsp3) is 0.857. The largest absolute Gasteiger partial charge is 0.340 e. The molecule has 5 heteroatoms. The third-order valence-electron chi connectivity index (χ3n) is 5.91. The van der Waals surface area contributed by atoms with Gasteiger partial charge in [0.2, 0.25) is 0 Å². The molecule has 4 N–H and O–H groups in total. The lowest BCUT2D eigenvalue weighted by molar-refractivity contribution is -0.0684. The molecule has 0 amide bonds. The van der Waals surface area contributed by atoms with E-state index in [0.717, 1.165) is 23.6 Å². The summed E-state index contributed by atoms with van der Waals surface area (Å²) in [6.07, 6.45) is 8.14. The summed E-state index contributed by atoms with van der Waals surface area (Å²) < 4.78 is 0. The third-order valence-corrected chi connectivity index (χ3v) is 5.91. The molecule has 5 rings (SSSR count).